The van der Waals surface area contributed by atoms with Crippen molar-refractivity contribution in [3.63, 3.8) is 0 Å². The molecule has 0 spiro atoms. The smallest absolute Gasteiger partial charge is 0.248 e. The molecule has 4 rings (SSSR count). The largest absolute Gasteiger partial charge is 0.381 e. The standard InChI is InChI=1S/C14H17N3O2S/c1-5-15-12(10-4-8-20-11(1)10)14-16-13(17-19-14)9-2-6-18-7-3-9/h4,8-9,12,15H,1-3,5-7H2. The van der Waals surface area contributed by atoms with E-state index in [1.807, 2.05) is 11.3 Å². The molecule has 2 aliphatic rings. The van der Waals surface area contributed by atoms with Crippen molar-refractivity contribution in [2.24, 2.45) is 0 Å². The van der Waals surface area contributed by atoms with Crippen LogP contribution in [0, 0.1) is 0 Å². The molecule has 1 unspecified atom stereocenters. The maximum Gasteiger partial charge on any atom is 0.248 e. The predicted octanol–water partition coefficient (Wildman–Crippen LogP) is 2.26. The Morgan fingerprint density at radius 3 is 3.10 bits per heavy atom. The summed E-state index contributed by atoms with van der Waals surface area (Å²) in [5.41, 5.74) is 1.29. The Bertz CT molecular complexity index is 589. The zero-order valence-corrected chi connectivity index (χ0v) is 12.0. The van der Waals surface area contributed by atoms with Gasteiger partial charge in [0.1, 0.15) is 6.04 Å². The van der Waals surface area contributed by atoms with Gasteiger partial charge in [0.2, 0.25) is 5.89 Å². The van der Waals surface area contributed by atoms with Crippen molar-refractivity contribution in [2.45, 2.75) is 31.2 Å². The van der Waals surface area contributed by atoms with Crippen LogP contribution in [0.25, 0.3) is 0 Å². The van der Waals surface area contributed by atoms with Gasteiger partial charge in [-0.05, 0) is 36.3 Å². The lowest BCUT2D eigenvalue weighted by Crippen LogP contribution is -2.29. The molecule has 0 radical (unpaired) electrons. The van der Waals surface area contributed by atoms with Crippen molar-refractivity contribution in [3.05, 3.63) is 33.6 Å². The van der Waals surface area contributed by atoms with Gasteiger partial charge in [-0.15, -0.1) is 11.3 Å². The topological polar surface area (TPSA) is 60.2 Å². The van der Waals surface area contributed by atoms with Gasteiger partial charge in [0.15, 0.2) is 5.82 Å². The summed E-state index contributed by atoms with van der Waals surface area (Å²) in [6.45, 7) is 2.56. The van der Waals surface area contributed by atoms with Gasteiger partial charge in [-0.25, -0.2) is 0 Å². The SMILES string of the molecule is c1cc2c(s1)CCNC2c1nc(C2CCOCC2)no1. The van der Waals surface area contributed by atoms with Crippen LogP contribution in [0.1, 0.15) is 47.0 Å². The zero-order valence-electron chi connectivity index (χ0n) is 11.2. The molecule has 1 saturated heterocycles. The van der Waals surface area contributed by atoms with E-state index in [2.05, 4.69) is 26.9 Å². The third-order valence-electron chi connectivity index (χ3n) is 4.08. The van der Waals surface area contributed by atoms with Crippen LogP contribution in [0.2, 0.25) is 0 Å². The fourth-order valence-corrected chi connectivity index (χ4v) is 3.88. The highest BCUT2D eigenvalue weighted by Crippen LogP contribution is 2.32. The van der Waals surface area contributed by atoms with E-state index in [1.165, 1.54) is 10.4 Å². The molecule has 20 heavy (non-hydrogen) atoms. The van der Waals surface area contributed by atoms with Crippen molar-refractivity contribution < 1.29 is 9.26 Å². The first-order valence-corrected chi connectivity index (χ1v) is 8.00. The minimum absolute atomic E-state index is 0.0612. The van der Waals surface area contributed by atoms with Crippen LogP contribution in [0.15, 0.2) is 16.0 Å². The molecule has 1 fully saturated rings. The second-order valence-electron chi connectivity index (χ2n) is 5.31. The maximum absolute atomic E-state index is 5.52. The lowest BCUT2D eigenvalue weighted by Gasteiger charge is -2.21. The molecule has 6 heteroatoms. The van der Waals surface area contributed by atoms with Crippen molar-refractivity contribution in [1.82, 2.24) is 15.5 Å². The molecule has 0 amide bonds. The van der Waals surface area contributed by atoms with Gasteiger partial charge in [-0.2, -0.15) is 4.98 Å². The molecule has 0 saturated carbocycles. The zero-order chi connectivity index (χ0) is 13.4. The molecule has 0 bridgehead atoms. The summed E-state index contributed by atoms with van der Waals surface area (Å²) in [6, 6.07) is 2.22. The molecular weight excluding hydrogens is 274 g/mol. The molecule has 5 nitrogen and oxygen atoms in total. The number of nitrogens with zero attached hydrogens (tertiary/aromatic N) is 2. The van der Waals surface area contributed by atoms with E-state index >= 15 is 0 Å². The van der Waals surface area contributed by atoms with Crippen molar-refractivity contribution in [3.8, 4) is 0 Å². The molecule has 1 atom stereocenters. The van der Waals surface area contributed by atoms with Gasteiger partial charge >= 0.3 is 0 Å². The molecule has 2 aromatic heterocycles. The van der Waals surface area contributed by atoms with E-state index in [-0.39, 0.29) is 6.04 Å². The Kier molecular flexibility index (Phi) is 3.29. The van der Waals surface area contributed by atoms with E-state index in [4.69, 9.17) is 9.26 Å². The second-order valence-corrected chi connectivity index (χ2v) is 6.31. The average molecular weight is 291 g/mol. The van der Waals surface area contributed by atoms with Crippen LogP contribution in [0.4, 0.5) is 0 Å². The summed E-state index contributed by atoms with van der Waals surface area (Å²) in [4.78, 5) is 6.08. The monoisotopic (exact) mass is 291 g/mol. The van der Waals surface area contributed by atoms with Crippen LogP contribution >= 0.6 is 11.3 Å². The van der Waals surface area contributed by atoms with Gasteiger partial charge in [0, 0.05) is 30.6 Å². The Labute approximate surface area is 121 Å². The van der Waals surface area contributed by atoms with Crippen molar-refractivity contribution >= 4 is 11.3 Å². The van der Waals surface area contributed by atoms with Crippen LogP contribution in [-0.2, 0) is 11.2 Å². The van der Waals surface area contributed by atoms with Gasteiger partial charge in [0.25, 0.3) is 0 Å². The van der Waals surface area contributed by atoms with Gasteiger partial charge in [-0.1, -0.05) is 5.16 Å². The fourth-order valence-electron chi connectivity index (χ4n) is 2.96. The molecule has 2 aromatic rings. The Morgan fingerprint density at radius 1 is 1.30 bits per heavy atom. The van der Waals surface area contributed by atoms with E-state index in [9.17, 15) is 0 Å². The minimum atomic E-state index is 0.0612. The van der Waals surface area contributed by atoms with Crippen molar-refractivity contribution in [2.75, 3.05) is 19.8 Å². The van der Waals surface area contributed by atoms with Gasteiger partial charge < -0.3 is 14.6 Å². The van der Waals surface area contributed by atoms with Crippen LogP contribution in [0.5, 0.6) is 0 Å². The van der Waals surface area contributed by atoms with E-state index in [0.717, 1.165) is 44.8 Å². The van der Waals surface area contributed by atoms with E-state index in [1.54, 1.807) is 0 Å². The molecule has 1 N–H and O–H groups in total. The number of nitrogens with one attached hydrogen (secondary N) is 1. The van der Waals surface area contributed by atoms with Crippen LogP contribution in [0.3, 0.4) is 0 Å². The Morgan fingerprint density at radius 2 is 2.20 bits per heavy atom. The van der Waals surface area contributed by atoms with Crippen LogP contribution < -0.4 is 5.32 Å². The Hall–Kier alpha value is -1.24. The highest BCUT2D eigenvalue weighted by molar-refractivity contribution is 7.10. The summed E-state index contributed by atoms with van der Waals surface area (Å²) >= 11 is 1.81. The number of hydrogen-bond donors (Lipinski definition) is 1. The first-order chi connectivity index (χ1) is 9.92. The number of hydrogen-bond acceptors (Lipinski definition) is 6. The first kappa shape index (κ1) is 12.5. The molecule has 106 valence electrons. The molecule has 0 aromatic carbocycles. The quantitative estimate of drug-likeness (QED) is 0.919. The number of fused-ring (bicyclic) bond motifs is 1. The molecule has 2 aliphatic heterocycles. The molecular formula is C14H17N3O2S. The summed E-state index contributed by atoms with van der Waals surface area (Å²) < 4.78 is 10.9. The summed E-state index contributed by atoms with van der Waals surface area (Å²) in [5.74, 6) is 1.92. The highest BCUT2D eigenvalue weighted by atomic mass is 32.1. The third-order valence-corrected chi connectivity index (χ3v) is 5.08. The number of rotatable bonds is 2. The lowest BCUT2D eigenvalue weighted by molar-refractivity contribution is 0.0830. The number of aromatic nitrogens is 2. The third kappa shape index (κ3) is 2.17. The normalized spacial score (nSPS) is 23.7. The highest BCUT2D eigenvalue weighted by Gasteiger charge is 2.29. The van der Waals surface area contributed by atoms with Crippen molar-refractivity contribution in [1.29, 1.82) is 0 Å². The molecule has 0 aliphatic carbocycles. The number of thiophene rings is 1. The van der Waals surface area contributed by atoms with Gasteiger partial charge in [0.05, 0.1) is 0 Å². The maximum atomic E-state index is 5.52. The summed E-state index contributed by atoms with van der Waals surface area (Å²) in [7, 11) is 0. The average Bonchev–Trinajstić information content (AvgIpc) is 3.17. The van der Waals surface area contributed by atoms with E-state index < -0.39 is 0 Å². The van der Waals surface area contributed by atoms with Crippen LogP contribution in [-0.4, -0.2) is 29.9 Å². The first-order valence-electron chi connectivity index (χ1n) is 7.13. The fraction of sp³-hybridized carbons (Fsp3) is 0.571. The number of ether oxygens (including phenoxy) is 1. The molecule has 4 heterocycles. The van der Waals surface area contributed by atoms with E-state index in [0.29, 0.717) is 11.8 Å². The summed E-state index contributed by atoms with van der Waals surface area (Å²) in [6.07, 6.45) is 3.06. The minimum Gasteiger partial charge on any atom is -0.381 e. The predicted molar refractivity (Wildman–Crippen MR) is 75.0 cm³/mol. The second kappa shape index (κ2) is 5.27. The van der Waals surface area contributed by atoms with Gasteiger partial charge in [-0.3, -0.25) is 0 Å². The Balaban J connectivity index is 1.60. The lowest BCUT2D eigenvalue weighted by atomic mass is 9.99. The summed E-state index contributed by atoms with van der Waals surface area (Å²) in [5, 5.41) is 9.81.